The van der Waals surface area contributed by atoms with Crippen LogP contribution in [-0.4, -0.2) is 10.6 Å². The zero-order valence-corrected chi connectivity index (χ0v) is 10.8. The highest BCUT2D eigenvalue weighted by atomic mass is 79.9. The Hall–Kier alpha value is -1.55. The van der Waals surface area contributed by atoms with Gasteiger partial charge in [-0.1, -0.05) is 54.6 Å². The summed E-state index contributed by atoms with van der Waals surface area (Å²) >= 11 is 2.06. The predicted octanol–water partition coefficient (Wildman–Crippen LogP) is 4.52. The fourth-order valence-electron chi connectivity index (χ4n) is 1.61. The highest BCUT2D eigenvalue weighted by molar-refractivity contribution is 9.10. The zero-order valence-electron chi connectivity index (χ0n) is 9.24. The van der Waals surface area contributed by atoms with Crippen LogP contribution in [0.3, 0.4) is 0 Å². The molecule has 0 aliphatic rings. The van der Waals surface area contributed by atoms with Gasteiger partial charge in [0, 0.05) is 5.56 Å². The Balaban J connectivity index is 2.29. The number of Topliss-reactive ketones (excluding diaryl/α,β-unsaturated/α-hetero) is 1. The molecule has 0 heterocycles. The largest absolute Gasteiger partial charge is 0.363 e. The van der Waals surface area contributed by atoms with Gasteiger partial charge < -0.3 is 0 Å². The van der Waals surface area contributed by atoms with Gasteiger partial charge in [-0.15, -0.1) is 0 Å². The van der Waals surface area contributed by atoms with Crippen molar-refractivity contribution in [1.82, 2.24) is 0 Å². The maximum atomic E-state index is 12.8. The monoisotopic (exact) mass is 310 g/mol. The molecule has 0 saturated heterocycles. The van der Waals surface area contributed by atoms with E-state index in [1.54, 1.807) is 12.1 Å². The number of halogens is 3. The lowest BCUT2D eigenvalue weighted by Crippen LogP contribution is -2.20. The van der Waals surface area contributed by atoms with Crippen LogP contribution < -0.4 is 0 Å². The van der Waals surface area contributed by atoms with Crippen molar-refractivity contribution in [3.63, 3.8) is 0 Å². The van der Waals surface area contributed by atoms with Crippen molar-refractivity contribution in [2.75, 3.05) is 0 Å². The van der Waals surface area contributed by atoms with Crippen LogP contribution in [0.1, 0.15) is 10.4 Å². The Labute approximate surface area is 112 Å². The van der Waals surface area contributed by atoms with Crippen molar-refractivity contribution in [1.29, 1.82) is 0 Å². The van der Waals surface area contributed by atoms with E-state index in [1.807, 2.05) is 30.3 Å². The zero-order chi connectivity index (χ0) is 13.2. The molecule has 1 nitrogen and oxygen atoms in total. The standard InChI is InChI=1S/C14H9BrF2O/c15-14(16,17)13(18)12-8-6-11(7-9-12)10-4-2-1-3-5-10/h1-9H. The molecule has 0 N–H and O–H groups in total. The summed E-state index contributed by atoms with van der Waals surface area (Å²) in [5.41, 5.74) is 1.84. The van der Waals surface area contributed by atoms with E-state index in [2.05, 4.69) is 15.9 Å². The van der Waals surface area contributed by atoms with Crippen LogP contribution in [0.5, 0.6) is 0 Å². The normalized spacial score (nSPS) is 11.3. The lowest BCUT2D eigenvalue weighted by Gasteiger charge is -2.07. The number of ketones is 1. The summed E-state index contributed by atoms with van der Waals surface area (Å²) in [6.45, 7) is 0. The molecule has 0 radical (unpaired) electrons. The molecule has 18 heavy (non-hydrogen) atoms. The topological polar surface area (TPSA) is 17.1 Å². The van der Waals surface area contributed by atoms with Crippen molar-refractivity contribution < 1.29 is 13.6 Å². The Morgan fingerprint density at radius 3 is 1.89 bits per heavy atom. The molecule has 4 heteroatoms. The minimum Gasteiger partial charge on any atom is -0.286 e. The molecule has 0 amide bonds. The number of carbonyl (C=O) groups is 1. The number of alkyl halides is 3. The molecular formula is C14H9BrF2O. The maximum Gasteiger partial charge on any atom is 0.363 e. The molecule has 0 atom stereocenters. The molecule has 2 rings (SSSR count). The molecule has 2 aromatic carbocycles. The second kappa shape index (κ2) is 4.98. The summed E-state index contributed by atoms with van der Waals surface area (Å²) in [4.78, 5) is 7.80. The molecule has 0 bridgehead atoms. The van der Waals surface area contributed by atoms with Crippen LogP contribution >= 0.6 is 15.9 Å². The summed E-state index contributed by atoms with van der Waals surface area (Å²) in [6, 6.07) is 15.6. The highest BCUT2D eigenvalue weighted by Gasteiger charge is 2.35. The molecule has 0 aromatic heterocycles. The molecule has 0 saturated carbocycles. The number of benzene rings is 2. The summed E-state index contributed by atoms with van der Waals surface area (Å²) < 4.78 is 25.6. The summed E-state index contributed by atoms with van der Waals surface area (Å²) in [6.07, 6.45) is 0. The lowest BCUT2D eigenvalue weighted by molar-refractivity contribution is 0.0592. The van der Waals surface area contributed by atoms with Gasteiger partial charge in [-0.05, 0) is 27.1 Å². The third kappa shape index (κ3) is 2.82. The third-order valence-electron chi connectivity index (χ3n) is 2.51. The van der Waals surface area contributed by atoms with Gasteiger partial charge in [0.15, 0.2) is 0 Å². The second-order valence-electron chi connectivity index (χ2n) is 3.77. The first-order chi connectivity index (χ1) is 8.48. The highest BCUT2D eigenvalue weighted by Crippen LogP contribution is 2.28. The van der Waals surface area contributed by atoms with Crippen LogP contribution in [0, 0.1) is 0 Å². The summed E-state index contributed by atoms with van der Waals surface area (Å²) in [7, 11) is 0. The average molecular weight is 311 g/mol. The quantitative estimate of drug-likeness (QED) is 0.601. The van der Waals surface area contributed by atoms with E-state index in [9.17, 15) is 13.6 Å². The maximum absolute atomic E-state index is 12.8. The first-order valence-corrected chi connectivity index (χ1v) is 6.05. The first kappa shape index (κ1) is 12.9. The van der Waals surface area contributed by atoms with E-state index in [-0.39, 0.29) is 5.56 Å². The second-order valence-corrected chi connectivity index (χ2v) is 4.77. The van der Waals surface area contributed by atoms with Crippen LogP contribution in [0.4, 0.5) is 8.78 Å². The van der Waals surface area contributed by atoms with Crippen LogP contribution in [0.25, 0.3) is 11.1 Å². The molecule has 0 aliphatic carbocycles. The van der Waals surface area contributed by atoms with Gasteiger partial charge in [-0.2, -0.15) is 8.78 Å². The summed E-state index contributed by atoms with van der Waals surface area (Å²) in [5.74, 6) is -1.23. The fourth-order valence-corrected chi connectivity index (χ4v) is 1.84. The van der Waals surface area contributed by atoms with E-state index >= 15 is 0 Å². The minimum absolute atomic E-state index is 0.0171. The molecule has 0 spiro atoms. The molecule has 0 fully saturated rings. The Morgan fingerprint density at radius 1 is 0.889 bits per heavy atom. The van der Waals surface area contributed by atoms with Crippen molar-refractivity contribution in [2.24, 2.45) is 0 Å². The number of rotatable bonds is 3. The smallest absolute Gasteiger partial charge is 0.286 e. The SMILES string of the molecule is O=C(c1ccc(-c2ccccc2)cc1)C(F)(F)Br. The lowest BCUT2D eigenvalue weighted by atomic mass is 10.0. The van der Waals surface area contributed by atoms with Crippen LogP contribution in [-0.2, 0) is 0 Å². The van der Waals surface area contributed by atoms with Gasteiger partial charge in [-0.3, -0.25) is 4.79 Å². The Bertz CT molecular complexity index is 544. The minimum atomic E-state index is -3.51. The molecule has 2 aromatic rings. The van der Waals surface area contributed by atoms with Gasteiger partial charge in [0.05, 0.1) is 0 Å². The fraction of sp³-hybridized carbons (Fsp3) is 0.0714. The van der Waals surface area contributed by atoms with Crippen LogP contribution in [0.15, 0.2) is 54.6 Å². The van der Waals surface area contributed by atoms with E-state index in [4.69, 9.17) is 0 Å². The van der Waals surface area contributed by atoms with E-state index in [1.165, 1.54) is 12.1 Å². The summed E-state index contributed by atoms with van der Waals surface area (Å²) in [5, 5.41) is 0. The van der Waals surface area contributed by atoms with Gasteiger partial charge >= 0.3 is 4.83 Å². The number of carbonyl (C=O) groups excluding carboxylic acids is 1. The van der Waals surface area contributed by atoms with Gasteiger partial charge in [0.25, 0.3) is 0 Å². The van der Waals surface area contributed by atoms with Gasteiger partial charge in [0.2, 0.25) is 5.78 Å². The van der Waals surface area contributed by atoms with Gasteiger partial charge in [-0.25, -0.2) is 0 Å². The molecule has 92 valence electrons. The van der Waals surface area contributed by atoms with Crippen molar-refractivity contribution in [3.8, 4) is 11.1 Å². The van der Waals surface area contributed by atoms with Crippen molar-refractivity contribution >= 4 is 21.7 Å². The molecule has 0 unspecified atom stereocenters. The van der Waals surface area contributed by atoms with Crippen molar-refractivity contribution in [2.45, 2.75) is 4.83 Å². The van der Waals surface area contributed by atoms with E-state index in [0.717, 1.165) is 11.1 Å². The Kier molecular flexibility index (Phi) is 3.57. The third-order valence-corrected chi connectivity index (χ3v) is 2.87. The van der Waals surface area contributed by atoms with Crippen LogP contribution in [0.2, 0.25) is 0 Å². The number of hydrogen-bond acceptors (Lipinski definition) is 1. The van der Waals surface area contributed by atoms with E-state index in [0.29, 0.717) is 0 Å². The number of hydrogen-bond donors (Lipinski definition) is 0. The average Bonchev–Trinajstić information content (AvgIpc) is 2.38. The van der Waals surface area contributed by atoms with Gasteiger partial charge in [0.1, 0.15) is 0 Å². The first-order valence-electron chi connectivity index (χ1n) is 5.25. The Morgan fingerprint density at radius 2 is 1.39 bits per heavy atom. The molecular weight excluding hydrogens is 302 g/mol. The molecule has 0 aliphatic heterocycles. The van der Waals surface area contributed by atoms with E-state index < -0.39 is 10.6 Å². The predicted molar refractivity (Wildman–Crippen MR) is 70.1 cm³/mol. The van der Waals surface area contributed by atoms with Crippen molar-refractivity contribution in [3.05, 3.63) is 60.2 Å².